The molecule has 0 amide bonds. The van der Waals surface area contributed by atoms with Crippen molar-refractivity contribution in [1.29, 1.82) is 0 Å². The van der Waals surface area contributed by atoms with Crippen LogP contribution in [-0.4, -0.2) is 24.1 Å². The summed E-state index contributed by atoms with van der Waals surface area (Å²) in [6.45, 7) is 1.80. The first kappa shape index (κ1) is 10.8. The third-order valence-electron chi connectivity index (χ3n) is 2.81. The Labute approximate surface area is 93.8 Å². The van der Waals surface area contributed by atoms with E-state index in [4.69, 9.17) is 5.73 Å². The molecular formula is C10H15N5O. The maximum Gasteiger partial charge on any atom is 0.149 e. The van der Waals surface area contributed by atoms with Crippen molar-refractivity contribution in [2.45, 2.75) is 18.9 Å². The monoisotopic (exact) mass is 221 g/mol. The van der Waals surface area contributed by atoms with Crippen LogP contribution in [0.2, 0.25) is 0 Å². The van der Waals surface area contributed by atoms with E-state index in [1.165, 1.54) is 5.01 Å². The van der Waals surface area contributed by atoms with Crippen LogP contribution in [0.4, 0.5) is 11.5 Å². The van der Waals surface area contributed by atoms with E-state index in [1.54, 1.807) is 18.3 Å². The van der Waals surface area contributed by atoms with E-state index in [-0.39, 0.29) is 6.04 Å². The summed E-state index contributed by atoms with van der Waals surface area (Å²) in [5.74, 6) is 0.348. The maximum atomic E-state index is 10.9. The van der Waals surface area contributed by atoms with Crippen molar-refractivity contribution < 1.29 is 0 Å². The number of nitrogens with two attached hydrogens (primary N) is 1. The standard InChI is InChI=1S/C10H15N5O/c11-10-9(2-1-5-13-10)15(14-16)8-3-6-12-7-4-8/h1-2,5,8,12H,3-4,6-7H2,(H2,11,13). The number of nitrogens with one attached hydrogen (secondary N) is 1. The summed E-state index contributed by atoms with van der Waals surface area (Å²) in [5.41, 5.74) is 6.34. The summed E-state index contributed by atoms with van der Waals surface area (Å²) in [6, 6.07) is 3.64. The molecule has 0 spiro atoms. The molecule has 1 fully saturated rings. The Morgan fingerprint density at radius 2 is 2.25 bits per heavy atom. The predicted octanol–water partition coefficient (Wildman–Crippen LogP) is 0.904. The zero-order valence-electron chi connectivity index (χ0n) is 8.97. The summed E-state index contributed by atoms with van der Waals surface area (Å²) in [7, 11) is 0. The van der Waals surface area contributed by atoms with Gasteiger partial charge in [0.1, 0.15) is 11.5 Å². The van der Waals surface area contributed by atoms with Gasteiger partial charge < -0.3 is 11.1 Å². The summed E-state index contributed by atoms with van der Waals surface area (Å²) in [6.07, 6.45) is 3.38. The van der Waals surface area contributed by atoms with Gasteiger partial charge in [-0.2, -0.15) is 0 Å². The number of hydrogen-bond donors (Lipinski definition) is 2. The number of nitroso groups, excluding NO2 is 1. The highest BCUT2D eigenvalue weighted by atomic mass is 16.3. The van der Waals surface area contributed by atoms with Crippen LogP contribution >= 0.6 is 0 Å². The molecule has 0 radical (unpaired) electrons. The number of hydrogen-bond acceptors (Lipinski definition) is 5. The average Bonchev–Trinajstić information content (AvgIpc) is 2.34. The van der Waals surface area contributed by atoms with Crippen molar-refractivity contribution in [2.75, 3.05) is 23.8 Å². The van der Waals surface area contributed by atoms with E-state index >= 15 is 0 Å². The van der Waals surface area contributed by atoms with Gasteiger partial charge in [0.15, 0.2) is 0 Å². The van der Waals surface area contributed by atoms with Crippen molar-refractivity contribution >= 4 is 11.5 Å². The first-order valence-electron chi connectivity index (χ1n) is 5.36. The summed E-state index contributed by atoms with van der Waals surface area (Å²) in [4.78, 5) is 14.9. The van der Waals surface area contributed by atoms with E-state index in [2.05, 4.69) is 15.6 Å². The minimum absolute atomic E-state index is 0.116. The second-order valence-electron chi connectivity index (χ2n) is 3.82. The number of anilines is 2. The van der Waals surface area contributed by atoms with Gasteiger partial charge in [0.2, 0.25) is 0 Å². The Morgan fingerprint density at radius 3 is 2.88 bits per heavy atom. The van der Waals surface area contributed by atoms with Crippen LogP contribution in [0.25, 0.3) is 0 Å². The van der Waals surface area contributed by atoms with Crippen molar-refractivity contribution in [2.24, 2.45) is 5.29 Å². The highest BCUT2D eigenvalue weighted by molar-refractivity contribution is 5.62. The second kappa shape index (κ2) is 4.89. The van der Waals surface area contributed by atoms with Gasteiger partial charge in [0, 0.05) is 6.20 Å². The zero-order valence-corrected chi connectivity index (χ0v) is 8.97. The SMILES string of the molecule is Nc1ncccc1N(N=O)C1CCNCC1. The molecule has 16 heavy (non-hydrogen) atoms. The number of pyridine rings is 1. The quantitative estimate of drug-likeness (QED) is 0.585. The highest BCUT2D eigenvalue weighted by Crippen LogP contribution is 2.25. The van der Waals surface area contributed by atoms with E-state index in [0.717, 1.165) is 25.9 Å². The molecule has 0 aliphatic carbocycles. The molecular weight excluding hydrogens is 206 g/mol. The molecule has 2 heterocycles. The van der Waals surface area contributed by atoms with Crippen molar-refractivity contribution in [3.05, 3.63) is 23.2 Å². The highest BCUT2D eigenvalue weighted by Gasteiger charge is 2.23. The van der Waals surface area contributed by atoms with E-state index in [1.807, 2.05) is 0 Å². The lowest BCUT2D eigenvalue weighted by Gasteiger charge is -2.30. The van der Waals surface area contributed by atoms with Crippen LogP contribution in [0.15, 0.2) is 23.6 Å². The van der Waals surface area contributed by atoms with E-state index in [0.29, 0.717) is 11.5 Å². The Kier molecular flexibility index (Phi) is 3.31. The van der Waals surface area contributed by atoms with Crippen LogP contribution < -0.4 is 16.1 Å². The molecule has 0 atom stereocenters. The van der Waals surface area contributed by atoms with Crippen molar-refractivity contribution in [1.82, 2.24) is 10.3 Å². The van der Waals surface area contributed by atoms with E-state index in [9.17, 15) is 4.91 Å². The summed E-state index contributed by atoms with van der Waals surface area (Å²) < 4.78 is 0. The first-order valence-corrected chi connectivity index (χ1v) is 5.36. The molecule has 6 nitrogen and oxygen atoms in total. The molecule has 2 rings (SSSR count). The zero-order chi connectivity index (χ0) is 11.4. The van der Waals surface area contributed by atoms with Gasteiger partial charge >= 0.3 is 0 Å². The molecule has 3 N–H and O–H groups in total. The lowest BCUT2D eigenvalue weighted by Crippen LogP contribution is -2.40. The molecule has 0 bridgehead atoms. The Hall–Kier alpha value is -1.69. The number of piperidine rings is 1. The first-order chi connectivity index (χ1) is 7.83. The molecule has 0 saturated carbocycles. The number of rotatable bonds is 3. The van der Waals surface area contributed by atoms with Gasteiger partial charge in [-0.3, -0.25) is 0 Å². The van der Waals surface area contributed by atoms with Crippen LogP contribution in [-0.2, 0) is 0 Å². The fourth-order valence-electron chi connectivity index (χ4n) is 1.96. The fourth-order valence-corrected chi connectivity index (χ4v) is 1.96. The summed E-state index contributed by atoms with van der Waals surface area (Å²) >= 11 is 0. The number of aromatic nitrogens is 1. The van der Waals surface area contributed by atoms with Crippen molar-refractivity contribution in [3.63, 3.8) is 0 Å². The normalized spacial score (nSPS) is 17.0. The Balaban J connectivity index is 2.21. The van der Waals surface area contributed by atoms with Gasteiger partial charge in [-0.15, -0.1) is 4.91 Å². The number of nitrogen functional groups attached to an aromatic ring is 1. The summed E-state index contributed by atoms with van der Waals surface area (Å²) in [5, 5.41) is 7.77. The van der Waals surface area contributed by atoms with Crippen LogP contribution in [0.1, 0.15) is 12.8 Å². The van der Waals surface area contributed by atoms with Gasteiger partial charge in [-0.05, 0) is 38.1 Å². The lowest BCUT2D eigenvalue weighted by atomic mass is 10.1. The maximum absolute atomic E-state index is 10.9. The largest absolute Gasteiger partial charge is 0.382 e. The molecule has 1 aliphatic heterocycles. The fraction of sp³-hybridized carbons (Fsp3) is 0.500. The Bertz CT molecular complexity index is 364. The molecule has 6 heteroatoms. The van der Waals surface area contributed by atoms with Crippen LogP contribution in [0, 0.1) is 4.91 Å². The molecule has 1 saturated heterocycles. The Morgan fingerprint density at radius 1 is 1.50 bits per heavy atom. The van der Waals surface area contributed by atoms with Crippen molar-refractivity contribution in [3.8, 4) is 0 Å². The molecule has 1 aliphatic rings. The third-order valence-corrected chi connectivity index (χ3v) is 2.81. The van der Waals surface area contributed by atoms with Gasteiger partial charge in [-0.25, -0.2) is 9.99 Å². The van der Waals surface area contributed by atoms with Gasteiger partial charge in [-0.1, -0.05) is 0 Å². The van der Waals surface area contributed by atoms with Crippen LogP contribution in [0.5, 0.6) is 0 Å². The molecule has 0 aromatic carbocycles. The lowest BCUT2D eigenvalue weighted by molar-refractivity contribution is 0.433. The van der Waals surface area contributed by atoms with Gasteiger partial charge in [0.25, 0.3) is 0 Å². The minimum atomic E-state index is 0.116. The molecule has 0 unspecified atom stereocenters. The topological polar surface area (TPSA) is 83.6 Å². The predicted molar refractivity (Wildman–Crippen MR) is 62.8 cm³/mol. The number of nitrogens with zero attached hydrogens (tertiary/aromatic N) is 3. The smallest absolute Gasteiger partial charge is 0.149 e. The second-order valence-corrected chi connectivity index (χ2v) is 3.82. The average molecular weight is 221 g/mol. The van der Waals surface area contributed by atoms with E-state index < -0.39 is 0 Å². The van der Waals surface area contributed by atoms with Gasteiger partial charge in [0.05, 0.1) is 11.3 Å². The molecule has 1 aromatic heterocycles. The molecule has 1 aromatic rings. The third kappa shape index (κ3) is 2.11. The van der Waals surface area contributed by atoms with Crippen LogP contribution in [0.3, 0.4) is 0 Å². The molecule has 86 valence electrons. The minimum Gasteiger partial charge on any atom is -0.382 e.